The second-order valence-corrected chi connectivity index (χ2v) is 9.48. The number of halogens is 1. The van der Waals surface area contributed by atoms with Crippen molar-refractivity contribution in [1.29, 1.82) is 0 Å². The molecule has 1 fully saturated rings. The first-order chi connectivity index (χ1) is 16.1. The van der Waals surface area contributed by atoms with Gasteiger partial charge in [0.1, 0.15) is 11.9 Å². The van der Waals surface area contributed by atoms with Gasteiger partial charge < -0.3 is 19.7 Å². The molecule has 33 heavy (non-hydrogen) atoms. The van der Waals surface area contributed by atoms with Crippen LogP contribution in [0, 0.1) is 0 Å². The Balaban J connectivity index is 1.98. The molecule has 6 nitrogen and oxygen atoms in total. The van der Waals surface area contributed by atoms with Gasteiger partial charge in [0, 0.05) is 10.9 Å². The Morgan fingerprint density at radius 2 is 1.94 bits per heavy atom. The maximum atomic E-state index is 13.7. The van der Waals surface area contributed by atoms with Crippen molar-refractivity contribution in [2.24, 2.45) is 0 Å². The molecule has 0 unspecified atom stereocenters. The number of amides is 2. The Morgan fingerprint density at radius 3 is 2.55 bits per heavy atom. The van der Waals surface area contributed by atoms with Gasteiger partial charge in [-0.15, -0.1) is 22.9 Å². The van der Waals surface area contributed by atoms with Crippen LogP contribution < -0.4 is 14.8 Å². The zero-order chi connectivity index (χ0) is 23.6. The second kappa shape index (κ2) is 12.8. The zero-order valence-corrected chi connectivity index (χ0v) is 20.9. The van der Waals surface area contributed by atoms with Crippen LogP contribution in [0.1, 0.15) is 61.9 Å². The van der Waals surface area contributed by atoms with Gasteiger partial charge in [0.15, 0.2) is 11.5 Å². The molecule has 1 aromatic carbocycles. The fraction of sp³-hybridized carbons (Fsp3) is 0.520. The lowest BCUT2D eigenvalue weighted by molar-refractivity contribution is -0.140. The molecular weight excluding hydrogens is 460 g/mol. The first kappa shape index (κ1) is 25.4. The molecule has 2 amide bonds. The highest BCUT2D eigenvalue weighted by Gasteiger charge is 2.33. The minimum Gasteiger partial charge on any atom is -0.493 e. The predicted molar refractivity (Wildman–Crippen MR) is 132 cm³/mol. The molecule has 0 radical (unpaired) electrons. The van der Waals surface area contributed by atoms with E-state index in [2.05, 4.69) is 5.32 Å². The minimum atomic E-state index is -0.828. The van der Waals surface area contributed by atoms with Gasteiger partial charge in [-0.25, -0.2) is 0 Å². The number of thiophene rings is 1. The summed E-state index contributed by atoms with van der Waals surface area (Å²) in [6.07, 6.45) is 6.51. The number of methoxy groups -OCH3 is 1. The predicted octanol–water partition coefficient (Wildman–Crippen LogP) is 5.30. The summed E-state index contributed by atoms with van der Waals surface area (Å²) in [4.78, 5) is 29.3. The van der Waals surface area contributed by atoms with E-state index in [4.69, 9.17) is 21.1 Å². The smallest absolute Gasteiger partial charge is 0.247 e. The third-order valence-corrected chi connectivity index (χ3v) is 7.00. The molecule has 1 heterocycles. The molecular formula is C25H33ClN2O4S. The highest BCUT2D eigenvalue weighted by Crippen LogP contribution is 2.34. The number of ether oxygens (including phenoxy) is 2. The maximum absolute atomic E-state index is 13.7. The second-order valence-electron chi connectivity index (χ2n) is 8.18. The summed E-state index contributed by atoms with van der Waals surface area (Å²) in [5.74, 6) is 0.436. The quantitative estimate of drug-likeness (QED) is 0.361. The van der Waals surface area contributed by atoms with Crippen LogP contribution >= 0.6 is 22.9 Å². The largest absolute Gasteiger partial charge is 0.493 e. The molecule has 1 aliphatic carbocycles. The Labute approximate surface area is 205 Å². The number of hydrogen-bond acceptors (Lipinski definition) is 5. The van der Waals surface area contributed by atoms with Crippen LogP contribution in [-0.2, 0) is 16.1 Å². The Kier molecular flexibility index (Phi) is 9.88. The summed E-state index contributed by atoms with van der Waals surface area (Å²) in [7, 11) is 1.57. The molecule has 1 saturated carbocycles. The van der Waals surface area contributed by atoms with Crippen LogP contribution in [0.25, 0.3) is 0 Å². The molecule has 1 aromatic heterocycles. The topological polar surface area (TPSA) is 67.9 Å². The van der Waals surface area contributed by atoms with Crippen LogP contribution in [0.15, 0.2) is 35.7 Å². The van der Waals surface area contributed by atoms with Gasteiger partial charge in [0.05, 0.1) is 20.3 Å². The van der Waals surface area contributed by atoms with Gasteiger partial charge >= 0.3 is 0 Å². The van der Waals surface area contributed by atoms with Crippen LogP contribution in [0.2, 0.25) is 0 Å². The third-order valence-electron chi connectivity index (χ3n) is 5.91. The summed E-state index contributed by atoms with van der Waals surface area (Å²) in [5, 5.41) is 5.19. The number of alkyl halides is 1. The lowest BCUT2D eigenvalue weighted by Gasteiger charge is -2.32. The van der Waals surface area contributed by atoms with Crippen molar-refractivity contribution in [3.8, 4) is 11.5 Å². The zero-order valence-electron chi connectivity index (χ0n) is 19.3. The Bertz CT molecular complexity index is 898. The number of nitrogens with one attached hydrogen (secondary N) is 1. The molecule has 180 valence electrons. The van der Waals surface area contributed by atoms with Crippen molar-refractivity contribution in [3.63, 3.8) is 0 Å². The van der Waals surface area contributed by atoms with E-state index >= 15 is 0 Å². The van der Waals surface area contributed by atoms with E-state index in [1.807, 2.05) is 30.5 Å². The van der Waals surface area contributed by atoms with Crippen molar-refractivity contribution in [3.05, 3.63) is 46.2 Å². The van der Waals surface area contributed by atoms with E-state index in [-0.39, 0.29) is 23.7 Å². The molecule has 1 N–H and O–H groups in total. The molecule has 2 aromatic rings. The molecule has 0 aliphatic heterocycles. The first-order valence-electron chi connectivity index (χ1n) is 11.6. The lowest BCUT2D eigenvalue weighted by Crippen LogP contribution is -2.46. The van der Waals surface area contributed by atoms with Crippen molar-refractivity contribution < 1.29 is 19.1 Å². The summed E-state index contributed by atoms with van der Waals surface area (Å²) < 4.78 is 11.2. The van der Waals surface area contributed by atoms with E-state index in [0.29, 0.717) is 30.2 Å². The van der Waals surface area contributed by atoms with Crippen molar-refractivity contribution in [1.82, 2.24) is 10.2 Å². The molecule has 0 saturated heterocycles. The fourth-order valence-corrected chi connectivity index (χ4v) is 5.13. The average Bonchev–Trinajstić information content (AvgIpc) is 3.21. The van der Waals surface area contributed by atoms with Crippen molar-refractivity contribution in [2.75, 3.05) is 19.6 Å². The molecule has 1 aliphatic rings. The fourth-order valence-electron chi connectivity index (χ4n) is 4.28. The monoisotopic (exact) mass is 492 g/mol. The van der Waals surface area contributed by atoms with Gasteiger partial charge in [-0.3, -0.25) is 9.59 Å². The van der Waals surface area contributed by atoms with Crippen molar-refractivity contribution >= 4 is 34.8 Å². The van der Waals surface area contributed by atoms with Crippen molar-refractivity contribution in [2.45, 2.75) is 64.1 Å². The number of carbonyl (C=O) groups is 2. The number of nitrogens with zero attached hydrogens (tertiary/aromatic N) is 1. The lowest BCUT2D eigenvalue weighted by atomic mass is 10.0. The average molecular weight is 493 g/mol. The minimum absolute atomic E-state index is 0.113. The van der Waals surface area contributed by atoms with Gasteiger partial charge in [-0.05, 0) is 48.9 Å². The number of benzene rings is 1. The normalized spacial score (nSPS) is 15.4. The number of hydrogen-bond donors (Lipinski definition) is 1. The standard InChI is InChI=1S/C25H33ClN2O4S/c1-3-32-21-13-12-18(15-22(21)31-2)24(25(30)27-19-9-6-4-5-7-10-19)28(23(29)16-26)17-20-11-8-14-33-20/h8,11-15,19,24H,3-7,9-10,16-17H2,1-2H3,(H,27,30)/t24-/m1/s1. The van der Waals surface area contributed by atoms with E-state index in [0.717, 1.165) is 30.6 Å². The van der Waals surface area contributed by atoms with E-state index in [1.165, 1.54) is 12.8 Å². The van der Waals surface area contributed by atoms with E-state index in [9.17, 15) is 9.59 Å². The van der Waals surface area contributed by atoms with Gasteiger partial charge in [0.25, 0.3) is 0 Å². The number of rotatable bonds is 10. The highest BCUT2D eigenvalue weighted by molar-refractivity contribution is 7.09. The van der Waals surface area contributed by atoms with Crippen LogP contribution in [0.4, 0.5) is 0 Å². The van der Waals surface area contributed by atoms with Crippen LogP contribution in [-0.4, -0.2) is 42.4 Å². The summed E-state index contributed by atoms with van der Waals surface area (Å²) in [5.41, 5.74) is 0.663. The molecule has 0 bridgehead atoms. The van der Waals surface area contributed by atoms with Gasteiger partial charge in [-0.2, -0.15) is 0 Å². The van der Waals surface area contributed by atoms with Gasteiger partial charge in [-0.1, -0.05) is 37.8 Å². The molecule has 0 spiro atoms. The Hall–Kier alpha value is -2.25. The maximum Gasteiger partial charge on any atom is 0.247 e. The summed E-state index contributed by atoms with van der Waals surface area (Å²) in [6, 6.07) is 8.58. The Morgan fingerprint density at radius 1 is 1.18 bits per heavy atom. The molecule has 3 rings (SSSR count). The van der Waals surface area contributed by atoms with E-state index < -0.39 is 6.04 Å². The van der Waals surface area contributed by atoms with E-state index in [1.54, 1.807) is 35.5 Å². The molecule has 1 atom stereocenters. The molecule has 8 heteroatoms. The SMILES string of the molecule is CCOc1ccc([C@H](C(=O)NC2CCCCCC2)N(Cc2cccs2)C(=O)CCl)cc1OC. The number of carbonyl (C=O) groups excluding carboxylic acids is 2. The van der Waals surface area contributed by atoms with Gasteiger partial charge in [0.2, 0.25) is 11.8 Å². The first-order valence-corrected chi connectivity index (χ1v) is 13.0. The highest BCUT2D eigenvalue weighted by atomic mass is 35.5. The summed E-state index contributed by atoms with van der Waals surface area (Å²) in [6.45, 7) is 2.70. The van der Waals surface area contributed by atoms with Crippen LogP contribution in [0.3, 0.4) is 0 Å². The van der Waals surface area contributed by atoms with Crippen LogP contribution in [0.5, 0.6) is 11.5 Å². The summed E-state index contributed by atoms with van der Waals surface area (Å²) >= 11 is 7.54. The third kappa shape index (κ3) is 6.87.